The molecule has 1 aliphatic rings. The summed E-state index contributed by atoms with van der Waals surface area (Å²) in [5.74, 6) is 0.352. The molecule has 1 fully saturated rings. The van der Waals surface area contributed by atoms with Crippen LogP contribution in [0.2, 0.25) is 0 Å². The zero-order valence-electron chi connectivity index (χ0n) is 23.1. The van der Waals surface area contributed by atoms with Crippen LogP contribution >= 0.6 is 0 Å². The number of sulfonamides is 1. The van der Waals surface area contributed by atoms with Crippen LogP contribution in [0.1, 0.15) is 37.0 Å². The third-order valence-electron chi connectivity index (χ3n) is 7.19. The Kier molecular flexibility index (Phi) is 9.44. The summed E-state index contributed by atoms with van der Waals surface area (Å²) >= 11 is 0. The first-order valence-corrected chi connectivity index (χ1v) is 14.9. The standard InChI is InChI=1S/C30H36N4O5S/c1-4-22(5-2)29(35)31-24-12-10-23(11-13-24)30(36)32-25-14-16-26(17-15-25)40(37,38)34-20-18-33(19-21-34)27-8-6-7-9-28(27)39-3/h6-17,22H,4-5,18-21H2,1-3H3,(H,31,35)(H,32,36). The van der Waals surface area contributed by atoms with Crippen molar-refractivity contribution in [3.63, 3.8) is 0 Å². The number of methoxy groups -OCH3 is 1. The van der Waals surface area contributed by atoms with Gasteiger partial charge in [0.1, 0.15) is 5.75 Å². The van der Waals surface area contributed by atoms with E-state index in [4.69, 9.17) is 4.74 Å². The summed E-state index contributed by atoms with van der Waals surface area (Å²) in [6.07, 6.45) is 1.53. The topological polar surface area (TPSA) is 108 Å². The molecular formula is C30H36N4O5S. The molecule has 10 heteroatoms. The van der Waals surface area contributed by atoms with Gasteiger partial charge >= 0.3 is 0 Å². The smallest absolute Gasteiger partial charge is 0.255 e. The fourth-order valence-corrected chi connectivity index (χ4v) is 6.15. The van der Waals surface area contributed by atoms with Crippen LogP contribution in [-0.2, 0) is 14.8 Å². The zero-order valence-corrected chi connectivity index (χ0v) is 23.9. The van der Waals surface area contributed by atoms with Gasteiger partial charge in [-0.3, -0.25) is 9.59 Å². The average molecular weight is 565 g/mol. The Hall–Kier alpha value is -3.89. The van der Waals surface area contributed by atoms with Crippen LogP contribution in [0.15, 0.2) is 77.7 Å². The van der Waals surface area contributed by atoms with Crippen molar-refractivity contribution in [3.05, 3.63) is 78.4 Å². The van der Waals surface area contributed by atoms with Gasteiger partial charge < -0.3 is 20.3 Å². The van der Waals surface area contributed by atoms with Gasteiger partial charge in [0.15, 0.2) is 0 Å². The highest BCUT2D eigenvalue weighted by atomic mass is 32.2. The highest BCUT2D eigenvalue weighted by Crippen LogP contribution is 2.29. The van der Waals surface area contributed by atoms with Gasteiger partial charge in [0.25, 0.3) is 5.91 Å². The molecule has 0 atom stereocenters. The lowest BCUT2D eigenvalue weighted by Crippen LogP contribution is -2.48. The minimum Gasteiger partial charge on any atom is -0.495 e. The second-order valence-corrected chi connectivity index (χ2v) is 11.6. The van der Waals surface area contributed by atoms with Crippen molar-refractivity contribution in [2.75, 3.05) is 48.8 Å². The Balaban J connectivity index is 1.34. The van der Waals surface area contributed by atoms with Crippen LogP contribution in [0.5, 0.6) is 5.75 Å². The molecule has 1 aliphatic heterocycles. The van der Waals surface area contributed by atoms with Gasteiger partial charge in [-0.2, -0.15) is 4.31 Å². The van der Waals surface area contributed by atoms with E-state index in [1.165, 1.54) is 16.4 Å². The zero-order chi connectivity index (χ0) is 28.7. The summed E-state index contributed by atoms with van der Waals surface area (Å²) in [5, 5.41) is 5.68. The maximum atomic E-state index is 13.3. The number of para-hydroxylation sites is 2. The van der Waals surface area contributed by atoms with Crippen molar-refractivity contribution in [1.82, 2.24) is 4.31 Å². The quantitative estimate of drug-likeness (QED) is 0.365. The van der Waals surface area contributed by atoms with Gasteiger partial charge in [-0.15, -0.1) is 0 Å². The number of carbonyl (C=O) groups is 2. The van der Waals surface area contributed by atoms with Gasteiger partial charge in [-0.05, 0) is 73.5 Å². The molecule has 1 heterocycles. The number of hydrogen-bond acceptors (Lipinski definition) is 6. The van der Waals surface area contributed by atoms with Crippen molar-refractivity contribution >= 4 is 38.9 Å². The van der Waals surface area contributed by atoms with E-state index in [1.807, 2.05) is 38.1 Å². The maximum absolute atomic E-state index is 13.3. The Morgan fingerprint density at radius 1 is 0.825 bits per heavy atom. The van der Waals surface area contributed by atoms with E-state index >= 15 is 0 Å². The lowest BCUT2D eigenvalue weighted by atomic mass is 10.0. The summed E-state index contributed by atoms with van der Waals surface area (Å²) in [6, 6.07) is 20.6. The third-order valence-corrected chi connectivity index (χ3v) is 9.10. The normalized spacial score (nSPS) is 14.2. The fraction of sp³-hybridized carbons (Fsp3) is 0.333. The average Bonchev–Trinajstić information content (AvgIpc) is 2.98. The minimum absolute atomic E-state index is 0.0319. The first-order chi connectivity index (χ1) is 19.3. The first kappa shape index (κ1) is 29.1. The molecule has 40 heavy (non-hydrogen) atoms. The molecule has 3 aromatic rings. The molecule has 0 saturated carbocycles. The molecule has 9 nitrogen and oxygen atoms in total. The number of anilines is 3. The summed E-state index contributed by atoms with van der Waals surface area (Å²) < 4.78 is 33.5. The molecule has 3 aromatic carbocycles. The highest BCUT2D eigenvalue weighted by Gasteiger charge is 2.29. The number of carbonyl (C=O) groups excluding carboxylic acids is 2. The van der Waals surface area contributed by atoms with Crippen LogP contribution < -0.4 is 20.3 Å². The van der Waals surface area contributed by atoms with E-state index in [0.717, 1.165) is 24.3 Å². The van der Waals surface area contributed by atoms with Crippen LogP contribution in [-0.4, -0.2) is 57.8 Å². The molecule has 1 saturated heterocycles. The molecule has 2 N–H and O–H groups in total. The number of amides is 2. The van der Waals surface area contributed by atoms with Crippen molar-refractivity contribution in [2.45, 2.75) is 31.6 Å². The second-order valence-electron chi connectivity index (χ2n) is 9.62. The molecular weight excluding hydrogens is 528 g/mol. The van der Waals surface area contributed by atoms with E-state index in [9.17, 15) is 18.0 Å². The third kappa shape index (κ3) is 6.63. The molecule has 4 rings (SSSR count). The molecule has 0 unspecified atom stereocenters. The summed E-state index contributed by atoms with van der Waals surface area (Å²) in [5.41, 5.74) is 2.48. The Morgan fingerprint density at radius 2 is 1.40 bits per heavy atom. The first-order valence-electron chi connectivity index (χ1n) is 13.5. The second kappa shape index (κ2) is 13.0. The van der Waals surface area contributed by atoms with E-state index in [-0.39, 0.29) is 22.6 Å². The Labute approximate surface area is 236 Å². The maximum Gasteiger partial charge on any atom is 0.255 e. The van der Waals surface area contributed by atoms with Gasteiger partial charge in [0.05, 0.1) is 17.7 Å². The van der Waals surface area contributed by atoms with Crippen molar-refractivity contribution in [3.8, 4) is 5.75 Å². The molecule has 212 valence electrons. The molecule has 0 bridgehead atoms. The number of piperazine rings is 1. The SMILES string of the molecule is CCC(CC)C(=O)Nc1ccc(C(=O)Nc2ccc(S(=O)(=O)N3CCN(c4ccccc4OC)CC3)cc2)cc1. The highest BCUT2D eigenvalue weighted by molar-refractivity contribution is 7.89. The number of ether oxygens (including phenoxy) is 1. The predicted octanol–water partition coefficient (Wildman–Crippen LogP) is 4.83. The lowest BCUT2D eigenvalue weighted by Gasteiger charge is -2.35. The largest absolute Gasteiger partial charge is 0.495 e. The van der Waals surface area contributed by atoms with Crippen molar-refractivity contribution < 1.29 is 22.7 Å². The van der Waals surface area contributed by atoms with E-state index in [2.05, 4.69) is 15.5 Å². The number of rotatable bonds is 10. The Bertz CT molecular complexity index is 1410. The number of nitrogens with zero attached hydrogens (tertiary/aromatic N) is 2. The van der Waals surface area contributed by atoms with Crippen LogP contribution in [0.25, 0.3) is 0 Å². The summed E-state index contributed by atoms with van der Waals surface area (Å²) in [4.78, 5) is 27.3. The van der Waals surface area contributed by atoms with Crippen LogP contribution in [0.3, 0.4) is 0 Å². The van der Waals surface area contributed by atoms with Crippen molar-refractivity contribution in [2.24, 2.45) is 5.92 Å². The van der Waals surface area contributed by atoms with Crippen LogP contribution in [0, 0.1) is 5.92 Å². The molecule has 2 amide bonds. The summed E-state index contributed by atoms with van der Waals surface area (Å²) in [7, 11) is -2.05. The van der Waals surface area contributed by atoms with Gasteiger partial charge in [0, 0.05) is 49.0 Å². The number of hydrogen-bond donors (Lipinski definition) is 2. The Morgan fingerprint density at radius 3 is 2.00 bits per heavy atom. The molecule has 0 aromatic heterocycles. The number of benzene rings is 3. The van der Waals surface area contributed by atoms with E-state index < -0.39 is 10.0 Å². The van der Waals surface area contributed by atoms with Crippen molar-refractivity contribution in [1.29, 1.82) is 0 Å². The predicted molar refractivity (Wildman–Crippen MR) is 158 cm³/mol. The van der Waals surface area contributed by atoms with E-state index in [0.29, 0.717) is 43.1 Å². The summed E-state index contributed by atoms with van der Waals surface area (Å²) in [6.45, 7) is 5.77. The lowest BCUT2D eigenvalue weighted by molar-refractivity contribution is -0.120. The molecule has 0 spiro atoms. The number of nitrogens with one attached hydrogen (secondary N) is 2. The van der Waals surface area contributed by atoms with E-state index in [1.54, 1.807) is 43.5 Å². The van der Waals surface area contributed by atoms with Gasteiger partial charge in [-0.25, -0.2) is 8.42 Å². The molecule has 0 radical (unpaired) electrons. The van der Waals surface area contributed by atoms with Gasteiger partial charge in [0.2, 0.25) is 15.9 Å². The monoisotopic (exact) mass is 564 g/mol. The molecule has 0 aliphatic carbocycles. The van der Waals surface area contributed by atoms with Gasteiger partial charge in [-0.1, -0.05) is 26.0 Å². The van der Waals surface area contributed by atoms with Crippen LogP contribution in [0.4, 0.5) is 17.1 Å². The minimum atomic E-state index is -3.68. The fourth-order valence-electron chi connectivity index (χ4n) is 4.73.